The Labute approximate surface area is 125 Å². The van der Waals surface area contributed by atoms with E-state index in [-0.39, 0.29) is 12.1 Å². The molecule has 0 aromatic heterocycles. The standard InChI is InChI=1S/C16H23N3O2/c1-18(13-6-7-13)8-9-19-15(20)11-17-16(19)12-4-3-5-14(10-12)21-2/h3-5,10,13,16-17H,6-9,11H2,1-2H3. The molecule has 1 aliphatic heterocycles. The molecule has 1 amide bonds. The van der Waals surface area contributed by atoms with Crippen LogP contribution in [0.2, 0.25) is 0 Å². The maximum Gasteiger partial charge on any atom is 0.238 e. The van der Waals surface area contributed by atoms with Gasteiger partial charge in [0.2, 0.25) is 5.91 Å². The van der Waals surface area contributed by atoms with Gasteiger partial charge in [0.15, 0.2) is 0 Å². The van der Waals surface area contributed by atoms with Crippen LogP contribution < -0.4 is 10.1 Å². The minimum absolute atomic E-state index is 0.0415. The Balaban J connectivity index is 1.68. The zero-order valence-corrected chi connectivity index (χ0v) is 12.7. The fourth-order valence-electron chi connectivity index (χ4n) is 2.87. The molecule has 1 aromatic rings. The lowest BCUT2D eigenvalue weighted by Gasteiger charge is -2.27. The van der Waals surface area contributed by atoms with Crippen molar-refractivity contribution in [1.82, 2.24) is 15.1 Å². The van der Waals surface area contributed by atoms with Crippen LogP contribution in [0.25, 0.3) is 0 Å². The van der Waals surface area contributed by atoms with Crippen LogP contribution in [-0.4, -0.2) is 55.5 Å². The molecule has 1 heterocycles. The molecule has 0 spiro atoms. The Morgan fingerprint density at radius 1 is 1.43 bits per heavy atom. The van der Waals surface area contributed by atoms with Gasteiger partial charge in [0.25, 0.3) is 0 Å². The molecule has 1 aliphatic carbocycles. The van der Waals surface area contributed by atoms with Crippen LogP contribution in [0.5, 0.6) is 5.75 Å². The minimum Gasteiger partial charge on any atom is -0.497 e. The number of nitrogens with one attached hydrogen (secondary N) is 1. The highest BCUT2D eigenvalue weighted by Crippen LogP contribution is 2.27. The number of carbonyl (C=O) groups is 1. The predicted octanol–water partition coefficient (Wildman–Crippen LogP) is 1.22. The van der Waals surface area contributed by atoms with Crippen LogP contribution in [0.4, 0.5) is 0 Å². The van der Waals surface area contributed by atoms with E-state index in [1.807, 2.05) is 29.2 Å². The molecule has 0 bridgehead atoms. The van der Waals surface area contributed by atoms with Crippen LogP contribution in [-0.2, 0) is 4.79 Å². The summed E-state index contributed by atoms with van der Waals surface area (Å²) in [6.07, 6.45) is 2.55. The second kappa shape index (κ2) is 6.03. The first-order valence-electron chi connectivity index (χ1n) is 7.56. The van der Waals surface area contributed by atoms with Gasteiger partial charge in [0.05, 0.1) is 13.7 Å². The molecule has 1 saturated heterocycles. The van der Waals surface area contributed by atoms with Gasteiger partial charge in [-0.25, -0.2) is 0 Å². The van der Waals surface area contributed by atoms with E-state index in [1.165, 1.54) is 12.8 Å². The van der Waals surface area contributed by atoms with E-state index in [0.717, 1.165) is 30.4 Å². The fourth-order valence-corrected chi connectivity index (χ4v) is 2.87. The number of rotatable bonds is 6. The second-order valence-corrected chi connectivity index (χ2v) is 5.86. The van der Waals surface area contributed by atoms with Crippen molar-refractivity contribution in [2.75, 3.05) is 33.8 Å². The minimum atomic E-state index is -0.0415. The van der Waals surface area contributed by atoms with Gasteiger partial charge in [-0.1, -0.05) is 12.1 Å². The average molecular weight is 289 g/mol. The molecule has 1 unspecified atom stereocenters. The monoisotopic (exact) mass is 289 g/mol. The van der Waals surface area contributed by atoms with Crippen LogP contribution in [0.15, 0.2) is 24.3 Å². The van der Waals surface area contributed by atoms with E-state index in [9.17, 15) is 4.79 Å². The van der Waals surface area contributed by atoms with Crippen molar-refractivity contribution in [2.24, 2.45) is 0 Å². The van der Waals surface area contributed by atoms with E-state index in [1.54, 1.807) is 7.11 Å². The van der Waals surface area contributed by atoms with E-state index >= 15 is 0 Å². The molecule has 114 valence electrons. The maximum absolute atomic E-state index is 12.1. The maximum atomic E-state index is 12.1. The summed E-state index contributed by atoms with van der Waals surface area (Å²) < 4.78 is 5.27. The summed E-state index contributed by atoms with van der Waals surface area (Å²) in [4.78, 5) is 16.4. The molecule has 3 rings (SSSR count). The topological polar surface area (TPSA) is 44.8 Å². The third kappa shape index (κ3) is 3.19. The molecule has 1 atom stereocenters. The van der Waals surface area contributed by atoms with Crippen molar-refractivity contribution in [3.63, 3.8) is 0 Å². The van der Waals surface area contributed by atoms with Gasteiger partial charge in [0, 0.05) is 19.1 Å². The van der Waals surface area contributed by atoms with Crippen LogP contribution in [0.1, 0.15) is 24.6 Å². The van der Waals surface area contributed by atoms with Crippen LogP contribution >= 0.6 is 0 Å². The first-order chi connectivity index (χ1) is 10.2. The van der Waals surface area contributed by atoms with Crippen molar-refractivity contribution in [3.8, 4) is 5.75 Å². The van der Waals surface area contributed by atoms with Crippen LogP contribution in [0, 0.1) is 0 Å². The van der Waals surface area contributed by atoms with Crippen molar-refractivity contribution in [2.45, 2.75) is 25.0 Å². The lowest BCUT2D eigenvalue weighted by molar-refractivity contribution is -0.128. The Bertz CT molecular complexity index is 516. The number of nitrogens with zero attached hydrogens (tertiary/aromatic N) is 2. The smallest absolute Gasteiger partial charge is 0.238 e. The molecule has 1 saturated carbocycles. The van der Waals surface area contributed by atoms with E-state index in [2.05, 4.69) is 17.3 Å². The Morgan fingerprint density at radius 2 is 2.24 bits per heavy atom. The summed E-state index contributed by atoms with van der Waals surface area (Å²) in [5.41, 5.74) is 1.08. The summed E-state index contributed by atoms with van der Waals surface area (Å²) in [6, 6.07) is 8.65. The Hall–Kier alpha value is -1.59. The highest BCUT2D eigenvalue weighted by Gasteiger charge is 2.33. The first-order valence-corrected chi connectivity index (χ1v) is 7.56. The summed E-state index contributed by atoms with van der Waals surface area (Å²) in [6.45, 7) is 2.11. The van der Waals surface area contributed by atoms with Gasteiger partial charge in [0.1, 0.15) is 11.9 Å². The molecular weight excluding hydrogens is 266 g/mol. The summed E-state index contributed by atoms with van der Waals surface area (Å²) in [5, 5.41) is 3.29. The van der Waals surface area contributed by atoms with Gasteiger partial charge in [-0.2, -0.15) is 0 Å². The first kappa shape index (κ1) is 14.4. The van der Waals surface area contributed by atoms with Gasteiger partial charge in [-0.05, 0) is 37.6 Å². The van der Waals surface area contributed by atoms with Gasteiger partial charge >= 0.3 is 0 Å². The number of ether oxygens (including phenoxy) is 1. The van der Waals surface area contributed by atoms with E-state index in [0.29, 0.717) is 6.54 Å². The molecule has 21 heavy (non-hydrogen) atoms. The van der Waals surface area contributed by atoms with E-state index < -0.39 is 0 Å². The molecule has 2 aliphatic rings. The van der Waals surface area contributed by atoms with Gasteiger partial charge < -0.3 is 14.5 Å². The molecule has 5 heteroatoms. The number of hydrogen-bond acceptors (Lipinski definition) is 4. The number of carbonyl (C=O) groups excluding carboxylic acids is 1. The quantitative estimate of drug-likeness (QED) is 0.855. The van der Waals surface area contributed by atoms with Crippen molar-refractivity contribution >= 4 is 5.91 Å². The van der Waals surface area contributed by atoms with Crippen molar-refractivity contribution in [3.05, 3.63) is 29.8 Å². The fraction of sp³-hybridized carbons (Fsp3) is 0.562. The number of likely N-dealkylation sites (N-methyl/N-ethyl adjacent to an activating group) is 1. The Kier molecular flexibility index (Phi) is 4.12. The molecule has 1 N–H and O–H groups in total. The second-order valence-electron chi connectivity index (χ2n) is 5.86. The lowest BCUT2D eigenvalue weighted by Crippen LogP contribution is -2.37. The van der Waals surface area contributed by atoms with Crippen molar-refractivity contribution < 1.29 is 9.53 Å². The molecule has 2 fully saturated rings. The highest BCUT2D eigenvalue weighted by molar-refractivity contribution is 5.81. The van der Waals surface area contributed by atoms with Crippen molar-refractivity contribution in [1.29, 1.82) is 0 Å². The molecule has 1 aromatic carbocycles. The number of amides is 1. The zero-order chi connectivity index (χ0) is 14.8. The lowest BCUT2D eigenvalue weighted by atomic mass is 10.1. The third-order valence-corrected chi connectivity index (χ3v) is 4.35. The van der Waals surface area contributed by atoms with E-state index in [4.69, 9.17) is 4.74 Å². The normalized spacial score (nSPS) is 22.1. The molecule has 0 radical (unpaired) electrons. The number of hydrogen-bond donors (Lipinski definition) is 1. The van der Waals surface area contributed by atoms with Gasteiger partial charge in [-0.15, -0.1) is 0 Å². The SMILES string of the molecule is COc1cccc(C2NCC(=O)N2CCN(C)C2CC2)c1. The average Bonchev–Trinajstić information content (AvgIpc) is 3.29. The van der Waals surface area contributed by atoms with Gasteiger partial charge in [-0.3, -0.25) is 10.1 Å². The molecular formula is C16H23N3O2. The number of methoxy groups -OCH3 is 1. The summed E-state index contributed by atoms with van der Waals surface area (Å²) in [7, 11) is 3.81. The third-order valence-electron chi connectivity index (χ3n) is 4.35. The largest absolute Gasteiger partial charge is 0.497 e. The summed E-state index contributed by atoms with van der Waals surface area (Å²) >= 11 is 0. The predicted molar refractivity (Wildman–Crippen MR) is 81.1 cm³/mol. The zero-order valence-electron chi connectivity index (χ0n) is 12.7. The van der Waals surface area contributed by atoms with Crippen LogP contribution in [0.3, 0.4) is 0 Å². The highest BCUT2D eigenvalue weighted by atomic mass is 16.5. The number of benzene rings is 1. The summed E-state index contributed by atoms with van der Waals surface area (Å²) in [5.74, 6) is 0.996. The molecule has 5 nitrogen and oxygen atoms in total. The Morgan fingerprint density at radius 3 is 2.95 bits per heavy atom.